The molecule has 0 aliphatic carbocycles. The molecule has 1 aliphatic heterocycles. The summed E-state index contributed by atoms with van der Waals surface area (Å²) < 4.78 is 27.7. The lowest BCUT2D eigenvalue weighted by Crippen LogP contribution is -2.35. The molecule has 6 nitrogen and oxygen atoms in total. The molecule has 1 saturated heterocycles. The molecule has 1 amide bonds. The Morgan fingerprint density at radius 3 is 2.07 bits per heavy atom. The average Bonchev–Trinajstić information content (AvgIpc) is 2.68. The zero-order valence-electron chi connectivity index (χ0n) is 15.7. The third-order valence-electron chi connectivity index (χ3n) is 4.69. The van der Waals surface area contributed by atoms with Gasteiger partial charge in [0.1, 0.15) is 0 Å². The maximum Gasteiger partial charge on any atom is 0.261 e. The maximum absolute atomic E-state index is 12.6. The number of nitrogens with one attached hydrogen (secondary N) is 1. The SMILES string of the molecule is CN(C)c1ccc(NS(=O)(=O)c2ccc(C(=O)N3CCCCC3)cc2)cc1. The van der Waals surface area contributed by atoms with E-state index in [4.69, 9.17) is 0 Å². The molecule has 2 aromatic rings. The van der Waals surface area contributed by atoms with Crippen molar-refractivity contribution in [2.24, 2.45) is 0 Å². The zero-order chi connectivity index (χ0) is 19.4. The number of carbonyl (C=O) groups is 1. The van der Waals surface area contributed by atoms with Crippen LogP contribution >= 0.6 is 0 Å². The second kappa shape index (κ2) is 8.00. The highest BCUT2D eigenvalue weighted by molar-refractivity contribution is 7.92. The lowest BCUT2D eigenvalue weighted by molar-refractivity contribution is 0.0724. The number of hydrogen-bond acceptors (Lipinski definition) is 4. The van der Waals surface area contributed by atoms with Crippen LogP contribution in [0.5, 0.6) is 0 Å². The number of piperidine rings is 1. The van der Waals surface area contributed by atoms with Crippen LogP contribution in [0.15, 0.2) is 53.4 Å². The van der Waals surface area contributed by atoms with Gasteiger partial charge in [-0.25, -0.2) is 8.42 Å². The van der Waals surface area contributed by atoms with Crippen LogP contribution in [0.4, 0.5) is 11.4 Å². The van der Waals surface area contributed by atoms with E-state index < -0.39 is 10.0 Å². The fourth-order valence-corrected chi connectivity index (χ4v) is 4.16. The summed E-state index contributed by atoms with van der Waals surface area (Å²) >= 11 is 0. The van der Waals surface area contributed by atoms with Gasteiger partial charge in [0, 0.05) is 44.1 Å². The fraction of sp³-hybridized carbons (Fsp3) is 0.350. The topological polar surface area (TPSA) is 69.7 Å². The van der Waals surface area contributed by atoms with Crippen molar-refractivity contribution in [1.29, 1.82) is 0 Å². The highest BCUT2D eigenvalue weighted by atomic mass is 32.2. The number of likely N-dealkylation sites (tertiary alicyclic amines) is 1. The standard InChI is InChI=1S/C20H25N3O3S/c1-22(2)18-10-8-17(9-11-18)21-27(25,26)19-12-6-16(7-13-19)20(24)23-14-4-3-5-15-23/h6-13,21H,3-5,14-15H2,1-2H3. The van der Waals surface area contributed by atoms with Crippen LogP contribution in [0.2, 0.25) is 0 Å². The van der Waals surface area contributed by atoms with Crippen LogP contribution in [0.3, 0.4) is 0 Å². The zero-order valence-corrected chi connectivity index (χ0v) is 16.5. The molecular weight excluding hydrogens is 362 g/mol. The monoisotopic (exact) mass is 387 g/mol. The molecule has 1 aliphatic rings. The lowest BCUT2D eigenvalue weighted by atomic mass is 10.1. The molecule has 27 heavy (non-hydrogen) atoms. The van der Waals surface area contributed by atoms with Gasteiger partial charge in [-0.05, 0) is 67.8 Å². The molecule has 0 aromatic heterocycles. The van der Waals surface area contributed by atoms with Gasteiger partial charge in [-0.3, -0.25) is 9.52 Å². The summed E-state index contributed by atoms with van der Waals surface area (Å²) in [6.45, 7) is 1.53. The Morgan fingerprint density at radius 1 is 0.926 bits per heavy atom. The van der Waals surface area contributed by atoms with Crippen molar-refractivity contribution >= 4 is 27.3 Å². The van der Waals surface area contributed by atoms with Crippen molar-refractivity contribution < 1.29 is 13.2 Å². The molecule has 0 atom stereocenters. The molecule has 3 rings (SSSR count). The van der Waals surface area contributed by atoms with Crippen LogP contribution < -0.4 is 9.62 Å². The van der Waals surface area contributed by atoms with Crippen molar-refractivity contribution in [2.75, 3.05) is 36.8 Å². The summed E-state index contributed by atoms with van der Waals surface area (Å²) in [4.78, 5) is 16.4. The van der Waals surface area contributed by atoms with Crippen molar-refractivity contribution in [3.8, 4) is 0 Å². The van der Waals surface area contributed by atoms with Crippen LogP contribution in [0, 0.1) is 0 Å². The molecule has 144 valence electrons. The van der Waals surface area contributed by atoms with E-state index in [9.17, 15) is 13.2 Å². The summed E-state index contributed by atoms with van der Waals surface area (Å²) in [5, 5.41) is 0. The predicted molar refractivity (Wildman–Crippen MR) is 108 cm³/mol. The summed E-state index contributed by atoms with van der Waals surface area (Å²) in [6, 6.07) is 13.3. The number of amides is 1. The minimum atomic E-state index is -3.70. The van der Waals surface area contributed by atoms with Gasteiger partial charge in [-0.1, -0.05) is 0 Å². The first-order chi connectivity index (χ1) is 12.9. The highest BCUT2D eigenvalue weighted by Gasteiger charge is 2.20. The molecule has 1 heterocycles. The van der Waals surface area contributed by atoms with Gasteiger partial charge in [-0.2, -0.15) is 0 Å². The van der Waals surface area contributed by atoms with Crippen LogP contribution in [0.1, 0.15) is 29.6 Å². The van der Waals surface area contributed by atoms with Gasteiger partial charge in [-0.15, -0.1) is 0 Å². The van der Waals surface area contributed by atoms with E-state index >= 15 is 0 Å². The van der Waals surface area contributed by atoms with Crippen molar-refractivity contribution in [1.82, 2.24) is 4.90 Å². The first-order valence-electron chi connectivity index (χ1n) is 9.06. The summed E-state index contributed by atoms with van der Waals surface area (Å²) in [7, 11) is 0.143. The van der Waals surface area contributed by atoms with Crippen LogP contribution in [-0.4, -0.2) is 46.4 Å². The second-order valence-corrected chi connectivity index (χ2v) is 8.61. The van der Waals surface area contributed by atoms with Crippen molar-refractivity contribution in [3.63, 3.8) is 0 Å². The van der Waals surface area contributed by atoms with Gasteiger partial charge in [0.25, 0.3) is 15.9 Å². The molecule has 2 aromatic carbocycles. The van der Waals surface area contributed by atoms with E-state index in [1.54, 1.807) is 24.3 Å². The first-order valence-corrected chi connectivity index (χ1v) is 10.5. The Kier molecular flexibility index (Phi) is 5.70. The Hall–Kier alpha value is -2.54. The normalized spacial score (nSPS) is 14.7. The molecule has 0 radical (unpaired) electrons. The molecule has 0 saturated carbocycles. The van der Waals surface area contributed by atoms with E-state index in [0.717, 1.165) is 38.0 Å². The van der Waals surface area contributed by atoms with Crippen LogP contribution in [0.25, 0.3) is 0 Å². The lowest BCUT2D eigenvalue weighted by Gasteiger charge is -2.26. The molecule has 0 unspecified atom stereocenters. The number of anilines is 2. The quantitative estimate of drug-likeness (QED) is 0.855. The number of sulfonamides is 1. The number of nitrogens with zero attached hydrogens (tertiary/aromatic N) is 2. The first kappa shape index (κ1) is 19.2. The van der Waals surface area contributed by atoms with E-state index in [0.29, 0.717) is 11.3 Å². The largest absolute Gasteiger partial charge is 0.378 e. The molecular formula is C20H25N3O3S. The van der Waals surface area contributed by atoms with Crippen LogP contribution in [-0.2, 0) is 10.0 Å². The minimum absolute atomic E-state index is 0.0362. The number of benzene rings is 2. The third-order valence-corrected chi connectivity index (χ3v) is 6.09. The van der Waals surface area contributed by atoms with E-state index in [1.807, 2.05) is 36.0 Å². The Labute approximate surface area is 160 Å². The molecule has 1 N–H and O–H groups in total. The van der Waals surface area contributed by atoms with E-state index in [-0.39, 0.29) is 10.8 Å². The van der Waals surface area contributed by atoms with E-state index in [2.05, 4.69) is 4.72 Å². The van der Waals surface area contributed by atoms with Crippen molar-refractivity contribution in [3.05, 3.63) is 54.1 Å². The highest BCUT2D eigenvalue weighted by Crippen LogP contribution is 2.20. The van der Waals surface area contributed by atoms with Gasteiger partial charge in [0.05, 0.1) is 4.90 Å². The Morgan fingerprint density at radius 2 is 1.52 bits per heavy atom. The summed E-state index contributed by atoms with van der Waals surface area (Å²) in [5.74, 6) is -0.0362. The predicted octanol–water partition coefficient (Wildman–Crippen LogP) is 3.18. The molecule has 7 heteroatoms. The number of rotatable bonds is 5. The van der Waals surface area contributed by atoms with Gasteiger partial charge in [0.2, 0.25) is 0 Å². The second-order valence-electron chi connectivity index (χ2n) is 6.92. The van der Waals surface area contributed by atoms with Gasteiger partial charge in [0.15, 0.2) is 0 Å². The maximum atomic E-state index is 12.6. The number of carbonyl (C=O) groups excluding carboxylic acids is 1. The van der Waals surface area contributed by atoms with Gasteiger partial charge < -0.3 is 9.80 Å². The summed E-state index contributed by atoms with van der Waals surface area (Å²) in [6.07, 6.45) is 3.20. The number of hydrogen-bond donors (Lipinski definition) is 1. The summed E-state index contributed by atoms with van der Waals surface area (Å²) in [5.41, 5.74) is 2.00. The minimum Gasteiger partial charge on any atom is -0.378 e. The Bertz CT molecular complexity index is 885. The molecule has 0 spiro atoms. The van der Waals surface area contributed by atoms with Crippen molar-refractivity contribution in [2.45, 2.75) is 24.2 Å². The van der Waals surface area contributed by atoms with Gasteiger partial charge >= 0.3 is 0 Å². The average molecular weight is 388 g/mol. The third kappa shape index (κ3) is 4.60. The molecule has 0 bridgehead atoms. The van der Waals surface area contributed by atoms with E-state index in [1.165, 1.54) is 12.1 Å². The fourth-order valence-electron chi connectivity index (χ4n) is 3.10. The Balaban J connectivity index is 1.72. The smallest absolute Gasteiger partial charge is 0.261 e. The molecule has 1 fully saturated rings.